The van der Waals surface area contributed by atoms with E-state index in [-0.39, 0.29) is 5.91 Å². The number of amides is 1. The van der Waals surface area contributed by atoms with E-state index in [0.717, 1.165) is 5.69 Å². The number of anilines is 1. The van der Waals surface area contributed by atoms with Gasteiger partial charge in [-0.25, -0.2) is 0 Å². The molecule has 0 aliphatic rings. The molecule has 0 heterocycles. The molecule has 0 aliphatic carbocycles. The quantitative estimate of drug-likeness (QED) is 0.867. The summed E-state index contributed by atoms with van der Waals surface area (Å²) < 4.78 is 0. The Labute approximate surface area is 104 Å². The van der Waals surface area contributed by atoms with Crippen LogP contribution in [0.4, 0.5) is 5.69 Å². The zero-order chi connectivity index (χ0) is 13.1. The maximum Gasteiger partial charge on any atom is 0.246 e. The van der Waals surface area contributed by atoms with Crippen LogP contribution in [0.1, 0.15) is 26.3 Å². The van der Waals surface area contributed by atoms with Crippen LogP contribution in [-0.2, 0) is 4.79 Å². The highest BCUT2D eigenvalue weighted by Gasteiger charge is 2.30. The van der Waals surface area contributed by atoms with Crippen LogP contribution in [0, 0.1) is 6.92 Å². The predicted octanol–water partition coefficient (Wildman–Crippen LogP) is 2.35. The average Bonchev–Trinajstić information content (AvgIpc) is 2.32. The summed E-state index contributed by atoms with van der Waals surface area (Å²) in [5.74, 6) is 0.0892. The van der Waals surface area contributed by atoms with Crippen molar-refractivity contribution in [1.29, 1.82) is 0 Å². The predicted molar refractivity (Wildman–Crippen MR) is 72.3 cm³/mol. The summed E-state index contributed by atoms with van der Waals surface area (Å²) in [4.78, 5) is 14.2. The van der Waals surface area contributed by atoms with Gasteiger partial charge in [0, 0.05) is 12.2 Å². The first kappa shape index (κ1) is 13.7. The summed E-state index contributed by atoms with van der Waals surface area (Å²) in [7, 11) is 1.81. The first-order chi connectivity index (χ1) is 7.92. The molecule has 3 heteroatoms. The van der Waals surface area contributed by atoms with E-state index in [2.05, 4.69) is 5.32 Å². The van der Waals surface area contributed by atoms with Gasteiger partial charge >= 0.3 is 0 Å². The van der Waals surface area contributed by atoms with Crippen molar-refractivity contribution >= 4 is 11.6 Å². The molecule has 0 aromatic heterocycles. The van der Waals surface area contributed by atoms with Gasteiger partial charge in [-0.1, -0.05) is 17.7 Å². The van der Waals surface area contributed by atoms with Crippen molar-refractivity contribution in [2.24, 2.45) is 0 Å². The van der Waals surface area contributed by atoms with E-state index in [1.54, 1.807) is 11.9 Å². The van der Waals surface area contributed by atoms with Crippen LogP contribution in [0.3, 0.4) is 0 Å². The summed E-state index contributed by atoms with van der Waals surface area (Å²) in [6.45, 7) is 8.49. The number of rotatable bonds is 4. The van der Waals surface area contributed by atoms with Crippen molar-refractivity contribution in [3.8, 4) is 0 Å². The minimum absolute atomic E-state index is 0.0892. The number of likely N-dealkylation sites (N-methyl/N-ethyl adjacent to an activating group) is 2. The molecule has 0 unspecified atom stereocenters. The molecule has 1 N–H and O–H groups in total. The largest absolute Gasteiger partial charge is 0.311 e. The molecule has 1 amide bonds. The number of aryl methyl sites for hydroxylation is 1. The number of nitrogens with one attached hydrogen (secondary N) is 1. The highest BCUT2D eigenvalue weighted by Crippen LogP contribution is 2.18. The second-order valence-corrected chi connectivity index (χ2v) is 4.76. The van der Waals surface area contributed by atoms with Crippen molar-refractivity contribution in [1.82, 2.24) is 5.32 Å². The third-order valence-corrected chi connectivity index (χ3v) is 3.07. The minimum atomic E-state index is -0.541. The normalized spacial score (nSPS) is 11.4. The number of nitrogens with zero attached hydrogens (tertiary/aromatic N) is 1. The van der Waals surface area contributed by atoms with Crippen LogP contribution in [0.25, 0.3) is 0 Å². The van der Waals surface area contributed by atoms with Gasteiger partial charge in [0.1, 0.15) is 0 Å². The van der Waals surface area contributed by atoms with Crippen LogP contribution in [0.5, 0.6) is 0 Å². The maximum absolute atomic E-state index is 12.4. The van der Waals surface area contributed by atoms with Crippen LogP contribution >= 0.6 is 0 Å². The standard InChI is InChI=1S/C14H22N2O/c1-6-16(13(17)14(3,4)15-5)12-9-7-11(2)8-10-12/h7-10,15H,6H2,1-5H3. The van der Waals surface area contributed by atoms with Gasteiger partial charge in [0.25, 0.3) is 0 Å². The molecule has 0 radical (unpaired) electrons. The van der Waals surface area contributed by atoms with Crippen LogP contribution in [0.15, 0.2) is 24.3 Å². The van der Waals surface area contributed by atoms with E-state index < -0.39 is 5.54 Å². The monoisotopic (exact) mass is 234 g/mol. The summed E-state index contributed by atoms with van der Waals surface area (Å²) in [5, 5.41) is 3.05. The van der Waals surface area contributed by atoms with Gasteiger partial charge < -0.3 is 10.2 Å². The molecule has 0 atom stereocenters. The highest BCUT2D eigenvalue weighted by atomic mass is 16.2. The smallest absolute Gasteiger partial charge is 0.246 e. The van der Waals surface area contributed by atoms with E-state index in [0.29, 0.717) is 6.54 Å². The molecular weight excluding hydrogens is 212 g/mol. The summed E-state index contributed by atoms with van der Waals surface area (Å²) >= 11 is 0. The van der Waals surface area contributed by atoms with Gasteiger partial charge in [-0.05, 0) is 46.9 Å². The molecule has 94 valence electrons. The van der Waals surface area contributed by atoms with Gasteiger partial charge in [0.2, 0.25) is 5.91 Å². The van der Waals surface area contributed by atoms with Crippen molar-refractivity contribution < 1.29 is 4.79 Å². The van der Waals surface area contributed by atoms with Crippen molar-refractivity contribution in [2.45, 2.75) is 33.2 Å². The second kappa shape index (κ2) is 5.32. The lowest BCUT2D eigenvalue weighted by Gasteiger charge is -2.31. The molecule has 1 aromatic carbocycles. The molecule has 0 fully saturated rings. The highest BCUT2D eigenvalue weighted by molar-refractivity contribution is 5.99. The summed E-state index contributed by atoms with van der Waals surface area (Å²) in [5.41, 5.74) is 1.61. The molecule has 0 aliphatic heterocycles. The fourth-order valence-corrected chi connectivity index (χ4v) is 1.61. The molecule has 0 spiro atoms. The van der Waals surface area contributed by atoms with Crippen LogP contribution in [0.2, 0.25) is 0 Å². The van der Waals surface area contributed by atoms with E-state index in [4.69, 9.17) is 0 Å². The Hall–Kier alpha value is -1.35. The lowest BCUT2D eigenvalue weighted by atomic mass is 10.0. The van der Waals surface area contributed by atoms with Crippen LogP contribution < -0.4 is 10.2 Å². The van der Waals surface area contributed by atoms with E-state index in [9.17, 15) is 4.79 Å². The van der Waals surface area contributed by atoms with E-state index in [1.807, 2.05) is 52.0 Å². The Balaban J connectivity index is 3.00. The minimum Gasteiger partial charge on any atom is -0.311 e. The van der Waals surface area contributed by atoms with E-state index in [1.165, 1.54) is 5.56 Å². The fraction of sp³-hybridized carbons (Fsp3) is 0.500. The fourth-order valence-electron chi connectivity index (χ4n) is 1.61. The van der Waals surface area contributed by atoms with Gasteiger partial charge in [0.15, 0.2) is 0 Å². The number of benzene rings is 1. The summed E-state index contributed by atoms with van der Waals surface area (Å²) in [6, 6.07) is 8.03. The third kappa shape index (κ3) is 3.07. The van der Waals surface area contributed by atoms with Crippen LogP contribution in [-0.4, -0.2) is 25.0 Å². The van der Waals surface area contributed by atoms with Gasteiger partial charge in [-0.15, -0.1) is 0 Å². The zero-order valence-corrected chi connectivity index (χ0v) is 11.4. The van der Waals surface area contributed by atoms with Gasteiger partial charge in [-0.2, -0.15) is 0 Å². The Morgan fingerprint density at radius 3 is 2.24 bits per heavy atom. The number of hydrogen-bond donors (Lipinski definition) is 1. The number of carbonyl (C=O) groups excluding carboxylic acids is 1. The van der Waals surface area contributed by atoms with Crippen molar-refractivity contribution in [3.05, 3.63) is 29.8 Å². The molecular formula is C14H22N2O. The second-order valence-electron chi connectivity index (χ2n) is 4.76. The molecule has 1 rings (SSSR count). The van der Waals surface area contributed by atoms with E-state index >= 15 is 0 Å². The molecule has 0 saturated heterocycles. The number of carbonyl (C=O) groups is 1. The lowest BCUT2D eigenvalue weighted by Crippen LogP contribution is -2.53. The first-order valence-electron chi connectivity index (χ1n) is 6.00. The topological polar surface area (TPSA) is 32.3 Å². The van der Waals surface area contributed by atoms with Crippen molar-refractivity contribution in [2.75, 3.05) is 18.5 Å². The summed E-state index contributed by atoms with van der Waals surface area (Å²) in [6.07, 6.45) is 0. The molecule has 3 nitrogen and oxygen atoms in total. The van der Waals surface area contributed by atoms with Gasteiger partial charge in [-0.3, -0.25) is 4.79 Å². The molecule has 17 heavy (non-hydrogen) atoms. The average molecular weight is 234 g/mol. The molecule has 1 aromatic rings. The van der Waals surface area contributed by atoms with Gasteiger partial charge in [0.05, 0.1) is 5.54 Å². The Kier molecular flexibility index (Phi) is 4.29. The first-order valence-corrected chi connectivity index (χ1v) is 6.00. The maximum atomic E-state index is 12.4. The van der Waals surface area contributed by atoms with Crippen molar-refractivity contribution in [3.63, 3.8) is 0 Å². The Morgan fingerprint density at radius 2 is 1.82 bits per heavy atom. The molecule has 0 bridgehead atoms. The third-order valence-electron chi connectivity index (χ3n) is 3.07. The zero-order valence-electron chi connectivity index (χ0n) is 11.4. The molecule has 0 saturated carbocycles. The Bertz CT molecular complexity index is 382. The number of hydrogen-bond acceptors (Lipinski definition) is 2. The SMILES string of the molecule is CCN(C(=O)C(C)(C)NC)c1ccc(C)cc1. The lowest BCUT2D eigenvalue weighted by molar-refractivity contribution is -0.123. The Morgan fingerprint density at radius 1 is 1.29 bits per heavy atom.